The molecule has 0 radical (unpaired) electrons. The van der Waals surface area contributed by atoms with Gasteiger partial charge in [0.05, 0.1) is 5.02 Å². The van der Waals surface area contributed by atoms with Crippen LogP contribution in [0.5, 0.6) is 0 Å². The summed E-state index contributed by atoms with van der Waals surface area (Å²) in [6, 6.07) is 4.95. The van der Waals surface area contributed by atoms with Crippen molar-refractivity contribution in [3.8, 4) is 0 Å². The summed E-state index contributed by atoms with van der Waals surface area (Å²) in [4.78, 5) is 24.5. The van der Waals surface area contributed by atoms with Crippen LogP contribution in [-0.2, 0) is 4.79 Å². The van der Waals surface area contributed by atoms with E-state index in [9.17, 15) is 9.59 Å². The van der Waals surface area contributed by atoms with E-state index >= 15 is 0 Å². The minimum Gasteiger partial charge on any atom is -0.352 e. The first-order valence-electron chi connectivity index (χ1n) is 5.35. The Labute approximate surface area is 119 Å². The van der Waals surface area contributed by atoms with E-state index in [4.69, 9.17) is 11.6 Å². The summed E-state index contributed by atoms with van der Waals surface area (Å²) < 4.78 is 0.739. The standard InChI is InChI=1S/C12H14BrClN2O2/c1-16(2)11(17)5-6-15-12(18)8-3-4-9(13)10(14)7-8/h3-4,7H,5-6H2,1-2H3,(H,15,18). The Morgan fingerprint density at radius 1 is 1.39 bits per heavy atom. The number of benzene rings is 1. The van der Waals surface area contributed by atoms with Crippen LogP contribution in [0.1, 0.15) is 16.8 Å². The second-order valence-electron chi connectivity index (χ2n) is 3.92. The van der Waals surface area contributed by atoms with Crippen LogP contribution >= 0.6 is 27.5 Å². The van der Waals surface area contributed by atoms with Gasteiger partial charge in [0.25, 0.3) is 5.91 Å². The van der Waals surface area contributed by atoms with Crippen LogP contribution in [-0.4, -0.2) is 37.4 Å². The summed E-state index contributed by atoms with van der Waals surface area (Å²) in [6.07, 6.45) is 0.281. The van der Waals surface area contributed by atoms with E-state index in [0.29, 0.717) is 17.1 Å². The van der Waals surface area contributed by atoms with Crippen LogP contribution in [0.25, 0.3) is 0 Å². The number of rotatable bonds is 4. The minimum absolute atomic E-state index is 0.0239. The van der Waals surface area contributed by atoms with Crippen molar-refractivity contribution in [2.45, 2.75) is 6.42 Å². The van der Waals surface area contributed by atoms with Crippen LogP contribution in [0.2, 0.25) is 5.02 Å². The van der Waals surface area contributed by atoms with Gasteiger partial charge in [-0.3, -0.25) is 9.59 Å². The van der Waals surface area contributed by atoms with Gasteiger partial charge in [-0.2, -0.15) is 0 Å². The molecule has 0 saturated heterocycles. The second kappa shape index (κ2) is 6.75. The van der Waals surface area contributed by atoms with Gasteiger partial charge in [0, 0.05) is 37.1 Å². The molecule has 0 saturated carbocycles. The molecule has 6 heteroatoms. The molecule has 1 aromatic carbocycles. The maximum atomic E-state index is 11.7. The highest BCUT2D eigenvalue weighted by molar-refractivity contribution is 9.10. The maximum Gasteiger partial charge on any atom is 0.251 e. The molecule has 1 N–H and O–H groups in total. The molecule has 4 nitrogen and oxygen atoms in total. The molecule has 0 fully saturated rings. The zero-order valence-corrected chi connectivity index (χ0v) is 12.5. The minimum atomic E-state index is -0.240. The summed E-state index contributed by atoms with van der Waals surface area (Å²) in [6.45, 7) is 0.309. The third-order valence-electron chi connectivity index (χ3n) is 2.31. The van der Waals surface area contributed by atoms with E-state index in [1.165, 1.54) is 4.90 Å². The summed E-state index contributed by atoms with van der Waals surface area (Å²) >= 11 is 9.15. The largest absolute Gasteiger partial charge is 0.352 e. The van der Waals surface area contributed by atoms with E-state index in [1.54, 1.807) is 32.3 Å². The normalized spacial score (nSPS) is 10.0. The molecular formula is C12H14BrClN2O2. The first kappa shape index (κ1) is 15.0. The van der Waals surface area contributed by atoms with E-state index in [0.717, 1.165) is 4.47 Å². The van der Waals surface area contributed by atoms with Crippen LogP contribution in [0.15, 0.2) is 22.7 Å². The molecule has 0 aliphatic rings. The Morgan fingerprint density at radius 2 is 2.06 bits per heavy atom. The fourth-order valence-electron chi connectivity index (χ4n) is 1.25. The average Bonchev–Trinajstić information content (AvgIpc) is 2.32. The van der Waals surface area contributed by atoms with Crippen molar-refractivity contribution >= 4 is 39.3 Å². The molecule has 0 aliphatic heterocycles. The number of amides is 2. The Morgan fingerprint density at radius 3 is 2.61 bits per heavy atom. The van der Waals surface area contributed by atoms with E-state index < -0.39 is 0 Å². The number of hydrogen-bond donors (Lipinski definition) is 1. The first-order chi connectivity index (χ1) is 8.41. The zero-order valence-electron chi connectivity index (χ0n) is 10.2. The highest BCUT2D eigenvalue weighted by Gasteiger charge is 2.09. The molecule has 18 heavy (non-hydrogen) atoms. The number of nitrogens with one attached hydrogen (secondary N) is 1. The van der Waals surface area contributed by atoms with E-state index in [1.807, 2.05) is 0 Å². The number of carbonyl (C=O) groups excluding carboxylic acids is 2. The summed E-state index contributed by atoms with van der Waals surface area (Å²) in [5, 5.41) is 3.15. The molecule has 1 rings (SSSR count). The van der Waals surface area contributed by atoms with Gasteiger partial charge in [-0.05, 0) is 34.1 Å². The van der Waals surface area contributed by atoms with Gasteiger partial charge < -0.3 is 10.2 Å². The maximum absolute atomic E-state index is 11.7. The first-order valence-corrected chi connectivity index (χ1v) is 6.52. The quantitative estimate of drug-likeness (QED) is 0.919. The predicted octanol–water partition coefficient (Wildman–Crippen LogP) is 2.31. The van der Waals surface area contributed by atoms with Crippen molar-refractivity contribution in [2.24, 2.45) is 0 Å². The van der Waals surface area contributed by atoms with Crippen LogP contribution in [0.4, 0.5) is 0 Å². The van der Waals surface area contributed by atoms with Crippen molar-refractivity contribution < 1.29 is 9.59 Å². The van der Waals surface area contributed by atoms with E-state index in [-0.39, 0.29) is 18.2 Å². The van der Waals surface area contributed by atoms with Gasteiger partial charge in [0.1, 0.15) is 0 Å². The van der Waals surface area contributed by atoms with Crippen molar-refractivity contribution in [2.75, 3.05) is 20.6 Å². The molecule has 1 aromatic rings. The lowest BCUT2D eigenvalue weighted by atomic mass is 10.2. The highest BCUT2D eigenvalue weighted by Crippen LogP contribution is 2.23. The Kier molecular flexibility index (Phi) is 5.62. The fourth-order valence-corrected chi connectivity index (χ4v) is 1.67. The van der Waals surface area contributed by atoms with Crippen molar-refractivity contribution in [3.63, 3.8) is 0 Å². The third kappa shape index (κ3) is 4.31. The molecule has 0 unspecified atom stereocenters. The molecule has 0 heterocycles. The Bertz CT molecular complexity index is 463. The monoisotopic (exact) mass is 332 g/mol. The molecule has 2 amide bonds. The van der Waals surface area contributed by atoms with Gasteiger partial charge >= 0.3 is 0 Å². The molecule has 0 aromatic heterocycles. The predicted molar refractivity (Wildman–Crippen MR) is 74.8 cm³/mol. The number of halogens is 2. The lowest BCUT2D eigenvalue weighted by Gasteiger charge is -2.10. The summed E-state index contributed by atoms with van der Waals surface area (Å²) in [7, 11) is 3.36. The van der Waals surface area contributed by atoms with Gasteiger partial charge in [0.2, 0.25) is 5.91 Å². The molecular weight excluding hydrogens is 320 g/mol. The molecule has 98 valence electrons. The van der Waals surface area contributed by atoms with Gasteiger partial charge in [-0.15, -0.1) is 0 Å². The summed E-state index contributed by atoms with van der Waals surface area (Å²) in [5.41, 5.74) is 0.473. The Hall–Kier alpha value is -1.07. The van der Waals surface area contributed by atoms with Crippen LogP contribution < -0.4 is 5.32 Å². The second-order valence-corrected chi connectivity index (χ2v) is 5.18. The number of hydrogen-bond acceptors (Lipinski definition) is 2. The third-order valence-corrected chi connectivity index (χ3v) is 3.54. The fraction of sp³-hybridized carbons (Fsp3) is 0.333. The molecule has 0 bridgehead atoms. The highest BCUT2D eigenvalue weighted by atomic mass is 79.9. The zero-order chi connectivity index (χ0) is 13.7. The Balaban J connectivity index is 2.50. The molecule has 0 spiro atoms. The summed E-state index contributed by atoms with van der Waals surface area (Å²) in [5.74, 6) is -0.264. The number of nitrogens with zero attached hydrogens (tertiary/aromatic N) is 1. The van der Waals surface area contributed by atoms with Crippen LogP contribution in [0, 0.1) is 0 Å². The van der Waals surface area contributed by atoms with Crippen molar-refractivity contribution in [1.29, 1.82) is 0 Å². The lowest BCUT2D eigenvalue weighted by Crippen LogP contribution is -2.30. The molecule has 0 aliphatic carbocycles. The lowest BCUT2D eigenvalue weighted by molar-refractivity contribution is -0.128. The van der Waals surface area contributed by atoms with Gasteiger partial charge in [-0.25, -0.2) is 0 Å². The van der Waals surface area contributed by atoms with Gasteiger partial charge in [-0.1, -0.05) is 11.6 Å². The topological polar surface area (TPSA) is 49.4 Å². The van der Waals surface area contributed by atoms with Gasteiger partial charge in [0.15, 0.2) is 0 Å². The van der Waals surface area contributed by atoms with Crippen molar-refractivity contribution in [1.82, 2.24) is 10.2 Å². The average molecular weight is 334 g/mol. The SMILES string of the molecule is CN(C)C(=O)CCNC(=O)c1ccc(Br)c(Cl)c1. The number of carbonyl (C=O) groups is 2. The molecule has 0 atom stereocenters. The van der Waals surface area contributed by atoms with E-state index in [2.05, 4.69) is 21.2 Å². The smallest absolute Gasteiger partial charge is 0.251 e. The van der Waals surface area contributed by atoms with Crippen molar-refractivity contribution in [3.05, 3.63) is 33.3 Å². The van der Waals surface area contributed by atoms with Crippen LogP contribution in [0.3, 0.4) is 0 Å².